The molecule has 0 saturated carbocycles. The second-order valence-corrected chi connectivity index (χ2v) is 9.19. The Bertz CT molecular complexity index is 1810. The number of pyridine rings is 1. The van der Waals surface area contributed by atoms with Crippen LogP contribution < -0.4 is 21.0 Å². The van der Waals surface area contributed by atoms with Gasteiger partial charge in [0.25, 0.3) is 6.35 Å². The summed E-state index contributed by atoms with van der Waals surface area (Å²) in [6.45, 7) is 0. The summed E-state index contributed by atoms with van der Waals surface area (Å²) < 4.78 is 228. The molecular formula is C27H6BF15NO-. The van der Waals surface area contributed by atoms with Gasteiger partial charge in [-0.25, -0.2) is 65.9 Å². The number of rotatable bonds is 5. The Morgan fingerprint density at radius 3 is 1.07 bits per heavy atom. The van der Waals surface area contributed by atoms with Crippen molar-refractivity contribution >= 4 is 33.6 Å². The van der Waals surface area contributed by atoms with Crippen molar-refractivity contribution in [3.8, 4) is 5.75 Å². The molecule has 1 heterocycles. The van der Waals surface area contributed by atoms with E-state index in [0.29, 0.717) is 6.07 Å². The van der Waals surface area contributed by atoms with Gasteiger partial charge in [-0.2, -0.15) is 0 Å². The van der Waals surface area contributed by atoms with Crippen molar-refractivity contribution in [2.75, 3.05) is 0 Å². The van der Waals surface area contributed by atoms with E-state index < -0.39 is 121 Å². The molecule has 0 radical (unpaired) electrons. The fourth-order valence-electron chi connectivity index (χ4n) is 4.91. The smallest absolute Gasteiger partial charge is 0.266 e. The molecule has 0 N–H and O–H groups in total. The van der Waals surface area contributed by atoms with Crippen LogP contribution in [0.4, 0.5) is 65.9 Å². The number of fused-ring (bicyclic) bond motifs is 1. The van der Waals surface area contributed by atoms with Crippen LogP contribution in [0.3, 0.4) is 0 Å². The largest absolute Gasteiger partial charge is 0.701 e. The van der Waals surface area contributed by atoms with E-state index in [2.05, 4.69) is 4.98 Å². The van der Waals surface area contributed by atoms with Crippen LogP contribution in [0, 0.1) is 87.3 Å². The Hall–Kier alpha value is -4.90. The van der Waals surface area contributed by atoms with Crippen molar-refractivity contribution in [3.63, 3.8) is 0 Å². The van der Waals surface area contributed by atoms with Gasteiger partial charge in [0, 0.05) is 11.6 Å². The third-order valence-corrected chi connectivity index (χ3v) is 6.85. The molecule has 0 bridgehead atoms. The molecule has 1 aromatic heterocycles. The summed E-state index contributed by atoms with van der Waals surface area (Å²) in [6, 6.07) is 5.12. The minimum Gasteiger partial charge on any atom is -0.701 e. The van der Waals surface area contributed by atoms with E-state index >= 15 is 26.3 Å². The average molecular weight is 656 g/mol. The van der Waals surface area contributed by atoms with Crippen molar-refractivity contribution in [1.82, 2.24) is 4.98 Å². The Morgan fingerprint density at radius 1 is 0.400 bits per heavy atom. The lowest BCUT2D eigenvalue weighted by molar-refractivity contribution is 0.375. The molecule has 0 spiro atoms. The molecule has 0 atom stereocenters. The minimum absolute atomic E-state index is 0.105. The van der Waals surface area contributed by atoms with E-state index in [4.69, 9.17) is 4.65 Å². The van der Waals surface area contributed by atoms with Crippen LogP contribution in [0.5, 0.6) is 5.75 Å². The number of hydrogen-bond acceptors (Lipinski definition) is 2. The Morgan fingerprint density at radius 2 is 0.711 bits per heavy atom. The molecular weight excluding hydrogens is 650 g/mol. The van der Waals surface area contributed by atoms with Crippen molar-refractivity contribution in [3.05, 3.63) is 124 Å². The summed E-state index contributed by atoms with van der Waals surface area (Å²) in [5.74, 6) is -48.1. The van der Waals surface area contributed by atoms with Crippen molar-refractivity contribution < 1.29 is 70.5 Å². The van der Waals surface area contributed by atoms with Gasteiger partial charge in [0.1, 0.15) is 40.4 Å². The van der Waals surface area contributed by atoms with Gasteiger partial charge in [0.15, 0.2) is 52.4 Å². The highest BCUT2D eigenvalue weighted by atomic mass is 19.2. The number of benzene rings is 4. The monoisotopic (exact) mass is 656 g/mol. The van der Waals surface area contributed by atoms with E-state index in [1.807, 2.05) is 0 Å². The fraction of sp³-hybridized carbons (Fsp3) is 0. The van der Waals surface area contributed by atoms with E-state index in [1.165, 1.54) is 18.2 Å². The molecule has 0 saturated heterocycles. The molecule has 0 aliphatic carbocycles. The third kappa shape index (κ3) is 4.36. The zero-order chi connectivity index (χ0) is 33.3. The molecule has 0 fully saturated rings. The number of halogens is 15. The van der Waals surface area contributed by atoms with Crippen LogP contribution in [-0.2, 0) is 0 Å². The molecule has 45 heavy (non-hydrogen) atoms. The zero-order valence-corrected chi connectivity index (χ0v) is 21.1. The molecule has 0 aliphatic rings. The first-order valence-corrected chi connectivity index (χ1v) is 11.8. The normalized spacial score (nSPS) is 11.9. The highest BCUT2D eigenvalue weighted by molar-refractivity contribution is 7.07. The molecule has 0 amide bonds. The first kappa shape index (κ1) is 31.5. The van der Waals surface area contributed by atoms with Crippen LogP contribution in [0.15, 0.2) is 36.5 Å². The summed E-state index contributed by atoms with van der Waals surface area (Å²) in [7, 11) is 0. The Balaban J connectivity index is 2.19. The number of nitrogens with zero attached hydrogens (tertiary/aromatic N) is 1. The molecule has 18 heteroatoms. The maximum atomic E-state index is 15.6. The predicted molar refractivity (Wildman–Crippen MR) is 126 cm³/mol. The SMILES string of the molecule is Fc1c(F)c(F)c([B-](Oc2cccc3cccnc23)(c2c(F)c(F)c(F)c(F)c2F)c2c(F)c(F)c(F)c(F)c2F)c(F)c1F. The number of hydrogen-bond donors (Lipinski definition) is 0. The Labute approximate surface area is 239 Å². The van der Waals surface area contributed by atoms with Gasteiger partial charge >= 0.3 is 0 Å². The molecule has 0 unspecified atom stereocenters. The summed E-state index contributed by atoms with van der Waals surface area (Å²) in [5, 5.41) is -0.105. The second kappa shape index (κ2) is 10.9. The quantitative estimate of drug-likeness (QED) is 0.0951. The van der Waals surface area contributed by atoms with Crippen molar-refractivity contribution in [1.29, 1.82) is 0 Å². The molecule has 5 aromatic rings. The van der Waals surface area contributed by atoms with Crippen LogP contribution in [0.2, 0.25) is 0 Å². The first-order valence-electron chi connectivity index (χ1n) is 11.8. The summed E-state index contributed by atoms with van der Waals surface area (Å²) in [5.41, 5.74) is -9.27. The predicted octanol–water partition coefficient (Wildman–Crippen LogP) is 6.37. The Kier molecular flexibility index (Phi) is 7.65. The highest BCUT2D eigenvalue weighted by Crippen LogP contribution is 2.32. The molecule has 4 aromatic carbocycles. The van der Waals surface area contributed by atoms with Crippen LogP contribution in [-0.4, -0.2) is 11.3 Å². The fourth-order valence-corrected chi connectivity index (χ4v) is 4.91. The van der Waals surface area contributed by atoms with E-state index in [0.717, 1.165) is 12.3 Å². The summed E-state index contributed by atoms with van der Waals surface area (Å²) in [6.07, 6.45) is -5.29. The van der Waals surface area contributed by atoms with Gasteiger partial charge in [0.2, 0.25) is 0 Å². The van der Waals surface area contributed by atoms with Crippen LogP contribution >= 0.6 is 0 Å². The number of para-hydroxylation sites is 1. The molecule has 234 valence electrons. The molecule has 5 rings (SSSR count). The van der Waals surface area contributed by atoms with E-state index in [-0.39, 0.29) is 5.39 Å². The number of aromatic nitrogens is 1. The highest BCUT2D eigenvalue weighted by Gasteiger charge is 2.51. The lowest BCUT2D eigenvalue weighted by Gasteiger charge is -2.45. The van der Waals surface area contributed by atoms with Crippen LogP contribution in [0.25, 0.3) is 10.9 Å². The van der Waals surface area contributed by atoms with Crippen molar-refractivity contribution in [2.24, 2.45) is 0 Å². The van der Waals surface area contributed by atoms with Gasteiger partial charge in [-0.15, -0.1) is 0 Å². The van der Waals surface area contributed by atoms with Crippen molar-refractivity contribution in [2.45, 2.75) is 0 Å². The van der Waals surface area contributed by atoms with E-state index in [9.17, 15) is 39.5 Å². The topological polar surface area (TPSA) is 22.1 Å². The lowest BCUT2D eigenvalue weighted by atomic mass is 9.27. The molecule has 0 aliphatic heterocycles. The lowest BCUT2D eigenvalue weighted by Crippen LogP contribution is -2.77. The van der Waals surface area contributed by atoms with Crippen LogP contribution in [0.1, 0.15) is 0 Å². The summed E-state index contributed by atoms with van der Waals surface area (Å²) in [4.78, 5) is 3.73. The summed E-state index contributed by atoms with van der Waals surface area (Å²) >= 11 is 0. The van der Waals surface area contributed by atoms with Gasteiger partial charge in [0.05, 0.1) is 5.75 Å². The van der Waals surface area contributed by atoms with E-state index in [1.54, 1.807) is 0 Å². The third-order valence-electron chi connectivity index (χ3n) is 6.85. The van der Waals surface area contributed by atoms with Gasteiger partial charge in [-0.3, -0.25) is 4.98 Å². The maximum absolute atomic E-state index is 15.6. The molecule has 2 nitrogen and oxygen atoms in total. The van der Waals surface area contributed by atoms with Gasteiger partial charge in [-0.1, -0.05) is 34.6 Å². The van der Waals surface area contributed by atoms with Gasteiger partial charge in [-0.05, 0) is 12.1 Å². The zero-order valence-electron chi connectivity index (χ0n) is 21.1. The standard InChI is InChI=1S/C27H6BF15NO/c29-12-9(13(30)19(36)24(41)18(12)35)28(10-14(31)20(37)25(42)21(38)15(10)32,11-16(33)22(39)26(43)23(40)17(11)34)45-8-5-1-3-7-4-2-6-44-27(7)8/h1-6H/q-1. The second-order valence-electron chi connectivity index (χ2n) is 9.19. The average Bonchev–Trinajstić information content (AvgIpc) is 3.03. The minimum atomic E-state index is -6.22. The maximum Gasteiger partial charge on any atom is 0.266 e. The van der Waals surface area contributed by atoms with Gasteiger partial charge < -0.3 is 4.65 Å². The first-order chi connectivity index (χ1) is 21.1.